The van der Waals surface area contributed by atoms with E-state index in [1.54, 1.807) is 6.92 Å². The van der Waals surface area contributed by atoms with E-state index >= 15 is 4.39 Å². The van der Waals surface area contributed by atoms with Gasteiger partial charge in [0.15, 0.2) is 5.82 Å². The lowest BCUT2D eigenvalue weighted by molar-refractivity contribution is -0.137. The monoisotopic (exact) mass is 637 g/mol. The molecule has 0 aliphatic carbocycles. The maximum Gasteiger partial charge on any atom is 0.417 e. The largest absolute Gasteiger partial charge is 0.472 e. The highest BCUT2D eigenvalue weighted by molar-refractivity contribution is 5.97. The second-order valence-corrected chi connectivity index (χ2v) is 12.6. The van der Waals surface area contributed by atoms with Gasteiger partial charge in [-0.25, -0.2) is 18.2 Å². The Hall–Kier alpha value is -3.59. The molecule has 242 valence electrons. The number of hydrogen-bond acceptors (Lipinski definition) is 9. The molecule has 3 aromatic rings. The van der Waals surface area contributed by atoms with E-state index in [0.717, 1.165) is 26.0 Å². The number of fused-ring (bicyclic) bond motifs is 3. The van der Waals surface area contributed by atoms with Crippen molar-refractivity contribution in [3.63, 3.8) is 0 Å². The van der Waals surface area contributed by atoms with Crippen LogP contribution < -0.4 is 25.4 Å². The number of ether oxygens (including phenoxy) is 2. The molecule has 6 heterocycles. The van der Waals surface area contributed by atoms with Gasteiger partial charge in [0, 0.05) is 37.7 Å². The van der Waals surface area contributed by atoms with Crippen molar-refractivity contribution in [2.24, 2.45) is 0 Å². The number of aromatic nitrogens is 3. The Bertz CT molecular complexity index is 1690. The molecule has 0 saturated carbocycles. The molecule has 0 radical (unpaired) electrons. The average molecular weight is 638 g/mol. The van der Waals surface area contributed by atoms with Crippen LogP contribution in [-0.2, 0) is 6.18 Å². The van der Waals surface area contributed by atoms with E-state index in [2.05, 4.69) is 20.2 Å². The fraction of sp³-hybridized carbons (Fsp3) is 0.567. The summed E-state index contributed by atoms with van der Waals surface area (Å²) in [6.07, 6.45) is -4.74. The van der Waals surface area contributed by atoms with Crippen LogP contribution in [0, 0.1) is 18.6 Å². The van der Waals surface area contributed by atoms with E-state index in [-0.39, 0.29) is 53.7 Å². The van der Waals surface area contributed by atoms with Crippen molar-refractivity contribution in [3.8, 4) is 23.1 Å². The Kier molecular flexibility index (Phi) is 7.00. The van der Waals surface area contributed by atoms with E-state index in [0.29, 0.717) is 26.1 Å². The number of halogens is 6. The molecule has 7 rings (SSSR count). The zero-order chi connectivity index (χ0) is 32.0. The van der Waals surface area contributed by atoms with Crippen molar-refractivity contribution in [2.45, 2.75) is 76.1 Å². The first-order valence-electron chi connectivity index (χ1n) is 15.0. The number of alkyl halides is 4. The van der Waals surface area contributed by atoms with Crippen LogP contribution in [0.1, 0.15) is 44.2 Å². The van der Waals surface area contributed by atoms with Crippen molar-refractivity contribution in [1.29, 1.82) is 0 Å². The molecule has 4 aliphatic heterocycles. The molecule has 1 unspecified atom stereocenters. The second kappa shape index (κ2) is 10.5. The van der Waals surface area contributed by atoms with Crippen LogP contribution in [0.25, 0.3) is 22.2 Å². The standard InChI is InChI=1S/C30H33F6N7O2/c1-13-20(30(34,35)36)17(9-18(37)21(13)32)23-22(33)24-19-26(43-8-6-38-14(2)25(43)15(3)45-27(19)39-23)41-28(40-24)44-12-29-5-4-7-42(29)11-16(31)10-29/h9,14-16,25,38H,4-8,10-12,37H2,1-3H3/t14-,15-,16-,25-,29?/m1/s1. The summed E-state index contributed by atoms with van der Waals surface area (Å²) in [5, 5.41) is 3.47. The minimum atomic E-state index is -5.06. The smallest absolute Gasteiger partial charge is 0.417 e. The van der Waals surface area contributed by atoms with Crippen molar-refractivity contribution in [3.05, 3.63) is 28.8 Å². The first-order valence-corrected chi connectivity index (χ1v) is 15.0. The molecule has 5 atom stereocenters. The van der Waals surface area contributed by atoms with Gasteiger partial charge in [0.2, 0.25) is 5.88 Å². The Labute approximate surface area is 255 Å². The second-order valence-electron chi connectivity index (χ2n) is 12.6. The number of pyridine rings is 1. The van der Waals surface area contributed by atoms with Gasteiger partial charge in [0.25, 0.3) is 0 Å². The summed E-state index contributed by atoms with van der Waals surface area (Å²) in [5.41, 5.74) is 0.558. The van der Waals surface area contributed by atoms with E-state index in [1.807, 2.05) is 11.8 Å². The molecule has 4 aliphatic rings. The molecule has 45 heavy (non-hydrogen) atoms. The van der Waals surface area contributed by atoms with E-state index < -0.39 is 63.7 Å². The summed E-state index contributed by atoms with van der Waals surface area (Å²) < 4.78 is 101. The third kappa shape index (κ3) is 4.72. The van der Waals surface area contributed by atoms with Gasteiger partial charge in [0.1, 0.15) is 47.1 Å². The number of hydrogen-bond donors (Lipinski definition) is 2. The van der Waals surface area contributed by atoms with E-state index in [9.17, 15) is 22.0 Å². The van der Waals surface area contributed by atoms with Gasteiger partial charge in [-0.05, 0) is 51.8 Å². The molecule has 0 amide bonds. The third-order valence-electron chi connectivity index (χ3n) is 9.75. The highest BCUT2D eigenvalue weighted by Gasteiger charge is 2.50. The van der Waals surface area contributed by atoms with Gasteiger partial charge in [0.05, 0.1) is 22.8 Å². The highest BCUT2D eigenvalue weighted by atomic mass is 19.4. The normalized spacial score (nSPS) is 28.2. The first kappa shape index (κ1) is 30.1. The van der Waals surface area contributed by atoms with Crippen LogP contribution in [0.2, 0.25) is 0 Å². The van der Waals surface area contributed by atoms with Gasteiger partial charge >= 0.3 is 12.2 Å². The molecule has 3 N–H and O–H groups in total. The van der Waals surface area contributed by atoms with Crippen molar-refractivity contribution < 1.29 is 35.8 Å². The third-order valence-corrected chi connectivity index (χ3v) is 9.75. The zero-order valence-electron chi connectivity index (χ0n) is 24.9. The lowest BCUT2D eigenvalue weighted by Gasteiger charge is -2.42. The van der Waals surface area contributed by atoms with Gasteiger partial charge in [-0.3, -0.25) is 4.90 Å². The predicted molar refractivity (Wildman–Crippen MR) is 154 cm³/mol. The van der Waals surface area contributed by atoms with Crippen LogP contribution in [-0.4, -0.2) is 82.5 Å². The molecule has 9 nitrogen and oxygen atoms in total. The Balaban J connectivity index is 1.44. The Morgan fingerprint density at radius 3 is 2.69 bits per heavy atom. The summed E-state index contributed by atoms with van der Waals surface area (Å²) in [4.78, 5) is 17.3. The van der Waals surface area contributed by atoms with Crippen LogP contribution in [0.3, 0.4) is 0 Å². The number of rotatable bonds is 4. The maximum atomic E-state index is 16.7. The summed E-state index contributed by atoms with van der Waals surface area (Å²) in [5.74, 6) is -2.34. The molecular weight excluding hydrogens is 604 g/mol. The quantitative estimate of drug-likeness (QED) is 0.309. The van der Waals surface area contributed by atoms with Crippen LogP contribution in [0.5, 0.6) is 11.9 Å². The highest BCUT2D eigenvalue weighted by Crippen LogP contribution is 2.47. The number of anilines is 2. The summed E-state index contributed by atoms with van der Waals surface area (Å²) in [7, 11) is 0. The zero-order valence-corrected chi connectivity index (χ0v) is 24.9. The molecular formula is C30H33F6N7O2. The SMILES string of the molecule is Cc1c(F)c(N)cc(-c2nc3c4c(nc(OCC56CCCN5C[C@H](F)C6)nc4c2F)N2CCN[C@H](C)[C@@H]2[C@@H](C)O3)c1C(F)(F)F. The fourth-order valence-corrected chi connectivity index (χ4v) is 7.76. The number of nitrogen functional groups attached to an aromatic ring is 1. The summed E-state index contributed by atoms with van der Waals surface area (Å²) in [6, 6.07) is 0.106. The topological polar surface area (TPSA) is 102 Å². The molecule has 1 aromatic carbocycles. The van der Waals surface area contributed by atoms with Crippen LogP contribution >= 0.6 is 0 Å². The van der Waals surface area contributed by atoms with Gasteiger partial charge < -0.3 is 25.4 Å². The first-order chi connectivity index (χ1) is 21.3. The van der Waals surface area contributed by atoms with E-state index in [4.69, 9.17) is 20.2 Å². The molecule has 0 bridgehead atoms. The summed E-state index contributed by atoms with van der Waals surface area (Å²) >= 11 is 0. The number of benzene rings is 1. The number of nitrogens with two attached hydrogens (primary N) is 1. The lowest BCUT2D eigenvalue weighted by Crippen LogP contribution is -2.61. The van der Waals surface area contributed by atoms with Crippen molar-refractivity contribution >= 4 is 22.4 Å². The molecule has 3 fully saturated rings. The number of piperazine rings is 1. The van der Waals surface area contributed by atoms with Gasteiger partial charge in [-0.15, -0.1) is 0 Å². The number of nitrogens with one attached hydrogen (secondary N) is 1. The Morgan fingerprint density at radius 1 is 1.16 bits per heavy atom. The van der Waals surface area contributed by atoms with Gasteiger partial charge in [-0.1, -0.05) is 0 Å². The molecule has 0 spiro atoms. The fourth-order valence-electron chi connectivity index (χ4n) is 7.76. The van der Waals surface area contributed by atoms with Crippen molar-refractivity contribution in [1.82, 2.24) is 25.2 Å². The van der Waals surface area contributed by atoms with E-state index in [1.165, 1.54) is 0 Å². The molecule has 15 heteroatoms. The Morgan fingerprint density at radius 2 is 1.93 bits per heavy atom. The van der Waals surface area contributed by atoms with Gasteiger partial charge in [-0.2, -0.15) is 23.1 Å². The maximum absolute atomic E-state index is 16.7. The number of nitrogens with zero attached hydrogens (tertiary/aromatic N) is 5. The average Bonchev–Trinajstić information content (AvgIpc) is 3.46. The molecule has 3 saturated heterocycles. The molecule has 2 aromatic heterocycles. The minimum absolute atomic E-state index is 0.0605. The lowest BCUT2D eigenvalue weighted by atomic mass is 9.95. The van der Waals surface area contributed by atoms with Crippen LogP contribution in [0.15, 0.2) is 6.07 Å². The minimum Gasteiger partial charge on any atom is -0.472 e. The van der Waals surface area contributed by atoms with Crippen LogP contribution in [0.4, 0.5) is 37.8 Å². The summed E-state index contributed by atoms with van der Waals surface area (Å²) in [6.45, 7) is 6.82. The van der Waals surface area contributed by atoms with Crippen molar-refractivity contribution in [2.75, 3.05) is 43.4 Å². The predicted octanol–water partition coefficient (Wildman–Crippen LogP) is 4.78.